The van der Waals surface area contributed by atoms with E-state index in [1.807, 2.05) is 12.1 Å². The minimum absolute atomic E-state index is 0.0197. The number of benzene rings is 1. The molecule has 0 atom stereocenters. The maximum absolute atomic E-state index is 13.8. The summed E-state index contributed by atoms with van der Waals surface area (Å²) in [6.45, 7) is 0.425. The number of thiophene rings is 1. The predicted molar refractivity (Wildman–Crippen MR) is 79.0 cm³/mol. The number of halogens is 2. The molecule has 0 aliphatic rings. The van der Waals surface area contributed by atoms with Gasteiger partial charge < -0.3 is 10.1 Å². The van der Waals surface area contributed by atoms with Crippen molar-refractivity contribution in [3.8, 4) is 5.75 Å². The van der Waals surface area contributed by atoms with Crippen LogP contribution in [0, 0.1) is 15.9 Å². The number of nitro groups is 1. The van der Waals surface area contributed by atoms with E-state index in [2.05, 4.69) is 21.2 Å². The van der Waals surface area contributed by atoms with Gasteiger partial charge in [-0.25, -0.2) is 4.39 Å². The fourth-order valence-corrected chi connectivity index (χ4v) is 3.04. The molecule has 0 unspecified atom stereocenters. The Morgan fingerprint density at radius 1 is 1.50 bits per heavy atom. The van der Waals surface area contributed by atoms with Gasteiger partial charge in [0.25, 0.3) is 0 Å². The van der Waals surface area contributed by atoms with Gasteiger partial charge in [-0.05, 0) is 28.1 Å². The molecule has 2 rings (SSSR count). The molecule has 1 aromatic carbocycles. The lowest BCUT2D eigenvalue weighted by atomic mass is 10.2. The van der Waals surface area contributed by atoms with Gasteiger partial charge >= 0.3 is 5.69 Å². The number of ether oxygens (including phenoxy) is 1. The number of hydrogen-bond acceptors (Lipinski definition) is 5. The van der Waals surface area contributed by atoms with Crippen LogP contribution in [0.4, 0.5) is 15.8 Å². The van der Waals surface area contributed by atoms with Crippen molar-refractivity contribution >= 4 is 38.6 Å². The summed E-state index contributed by atoms with van der Waals surface area (Å²) in [6.07, 6.45) is 0. The smallest absolute Gasteiger partial charge is 0.313 e. The Kier molecular flexibility index (Phi) is 4.56. The zero-order chi connectivity index (χ0) is 14.7. The summed E-state index contributed by atoms with van der Waals surface area (Å²) in [5.74, 6) is -0.667. The van der Waals surface area contributed by atoms with E-state index in [4.69, 9.17) is 4.74 Å². The molecule has 8 heteroatoms. The van der Waals surface area contributed by atoms with E-state index in [0.717, 1.165) is 14.7 Å². The highest BCUT2D eigenvalue weighted by molar-refractivity contribution is 9.11. The van der Waals surface area contributed by atoms with Crippen molar-refractivity contribution in [2.75, 3.05) is 12.4 Å². The maximum atomic E-state index is 13.8. The topological polar surface area (TPSA) is 64.4 Å². The van der Waals surface area contributed by atoms with Crippen LogP contribution in [0.5, 0.6) is 5.75 Å². The Bertz CT molecular complexity index is 648. The van der Waals surface area contributed by atoms with Crippen molar-refractivity contribution in [3.05, 3.63) is 48.9 Å². The van der Waals surface area contributed by atoms with Crippen LogP contribution in [0.2, 0.25) is 0 Å². The molecule has 0 aliphatic carbocycles. The van der Waals surface area contributed by atoms with E-state index in [1.165, 1.54) is 24.5 Å². The van der Waals surface area contributed by atoms with Crippen molar-refractivity contribution in [2.24, 2.45) is 0 Å². The maximum Gasteiger partial charge on any atom is 0.313 e. The number of methoxy groups -OCH3 is 1. The van der Waals surface area contributed by atoms with Crippen LogP contribution in [0.1, 0.15) is 4.88 Å². The third-order valence-corrected chi connectivity index (χ3v) is 4.17. The fraction of sp³-hybridized carbons (Fsp3) is 0.167. The van der Waals surface area contributed by atoms with Gasteiger partial charge in [-0.15, -0.1) is 11.3 Å². The van der Waals surface area contributed by atoms with E-state index < -0.39 is 16.4 Å². The normalized spacial score (nSPS) is 10.3. The molecule has 0 saturated heterocycles. The zero-order valence-electron chi connectivity index (χ0n) is 10.4. The van der Waals surface area contributed by atoms with Crippen LogP contribution in [0.3, 0.4) is 0 Å². The highest BCUT2D eigenvalue weighted by Gasteiger charge is 2.19. The lowest BCUT2D eigenvalue weighted by Gasteiger charge is -2.09. The molecule has 0 spiro atoms. The van der Waals surface area contributed by atoms with Crippen molar-refractivity contribution < 1.29 is 14.1 Å². The molecule has 0 saturated carbocycles. The standard InChI is InChI=1S/C12H10BrFN2O3S/c1-19-11-5-9(8(14)4-10(11)16(17)18)15-6-7-2-3-12(13)20-7/h2-5,15H,6H2,1H3. The summed E-state index contributed by atoms with van der Waals surface area (Å²) in [7, 11) is 1.31. The monoisotopic (exact) mass is 360 g/mol. The van der Waals surface area contributed by atoms with Crippen LogP contribution in [0.15, 0.2) is 28.1 Å². The molecule has 0 aliphatic heterocycles. The molecule has 0 amide bonds. The Balaban J connectivity index is 2.21. The average molecular weight is 361 g/mol. The molecule has 20 heavy (non-hydrogen) atoms. The first-order valence-electron chi connectivity index (χ1n) is 5.51. The third-order valence-electron chi connectivity index (χ3n) is 2.55. The first-order chi connectivity index (χ1) is 9.51. The Morgan fingerprint density at radius 3 is 2.80 bits per heavy atom. The molecular formula is C12H10BrFN2O3S. The molecule has 0 fully saturated rings. The predicted octanol–water partition coefficient (Wildman–Crippen LogP) is 4.18. The Morgan fingerprint density at radius 2 is 2.25 bits per heavy atom. The summed E-state index contributed by atoms with van der Waals surface area (Å²) < 4.78 is 19.7. The quantitative estimate of drug-likeness (QED) is 0.641. The molecular weight excluding hydrogens is 351 g/mol. The van der Waals surface area contributed by atoms with Gasteiger partial charge in [-0.2, -0.15) is 0 Å². The second-order valence-electron chi connectivity index (χ2n) is 3.82. The van der Waals surface area contributed by atoms with Crippen LogP contribution in [0.25, 0.3) is 0 Å². The highest BCUT2D eigenvalue weighted by atomic mass is 79.9. The van der Waals surface area contributed by atoms with Crippen LogP contribution >= 0.6 is 27.3 Å². The third kappa shape index (κ3) is 3.26. The molecule has 1 N–H and O–H groups in total. The van der Waals surface area contributed by atoms with Gasteiger partial charge in [0, 0.05) is 17.5 Å². The summed E-state index contributed by atoms with van der Waals surface area (Å²) in [6, 6.07) is 5.94. The Hall–Kier alpha value is -1.67. The van der Waals surface area contributed by atoms with Crippen molar-refractivity contribution in [1.29, 1.82) is 0 Å². The molecule has 0 radical (unpaired) electrons. The van der Waals surface area contributed by atoms with Gasteiger partial charge in [-0.3, -0.25) is 10.1 Å². The summed E-state index contributed by atoms with van der Waals surface area (Å²) in [5.41, 5.74) is -0.230. The summed E-state index contributed by atoms with van der Waals surface area (Å²) in [5, 5.41) is 13.7. The minimum Gasteiger partial charge on any atom is -0.490 e. The van der Waals surface area contributed by atoms with Crippen molar-refractivity contribution in [1.82, 2.24) is 0 Å². The van der Waals surface area contributed by atoms with Gasteiger partial charge in [0.05, 0.1) is 27.6 Å². The highest BCUT2D eigenvalue weighted by Crippen LogP contribution is 2.32. The summed E-state index contributed by atoms with van der Waals surface area (Å²) >= 11 is 4.87. The first-order valence-corrected chi connectivity index (χ1v) is 7.12. The van der Waals surface area contributed by atoms with E-state index >= 15 is 0 Å². The van der Waals surface area contributed by atoms with Crippen LogP contribution < -0.4 is 10.1 Å². The lowest BCUT2D eigenvalue weighted by molar-refractivity contribution is -0.385. The molecule has 1 heterocycles. The number of nitrogens with one attached hydrogen (secondary N) is 1. The second kappa shape index (κ2) is 6.19. The summed E-state index contributed by atoms with van der Waals surface area (Å²) in [4.78, 5) is 11.1. The van der Waals surface area contributed by atoms with E-state index in [0.29, 0.717) is 6.54 Å². The second-order valence-corrected chi connectivity index (χ2v) is 6.37. The molecule has 106 valence electrons. The number of nitro benzene ring substituents is 1. The lowest BCUT2D eigenvalue weighted by Crippen LogP contribution is -2.02. The SMILES string of the molecule is COc1cc(NCc2ccc(Br)s2)c(F)cc1[N+](=O)[O-]. The first kappa shape index (κ1) is 14.7. The average Bonchev–Trinajstić information content (AvgIpc) is 2.82. The van der Waals surface area contributed by atoms with Crippen LogP contribution in [-0.4, -0.2) is 12.0 Å². The van der Waals surface area contributed by atoms with Gasteiger partial charge in [-0.1, -0.05) is 0 Å². The molecule has 1 aromatic heterocycles. The number of rotatable bonds is 5. The number of hydrogen-bond donors (Lipinski definition) is 1. The fourth-order valence-electron chi connectivity index (χ4n) is 1.61. The van der Waals surface area contributed by atoms with Gasteiger partial charge in [0.15, 0.2) is 11.6 Å². The number of nitrogens with zero attached hydrogens (tertiary/aromatic N) is 1. The molecule has 2 aromatic rings. The largest absolute Gasteiger partial charge is 0.490 e. The van der Waals surface area contributed by atoms with Crippen molar-refractivity contribution in [3.63, 3.8) is 0 Å². The van der Waals surface area contributed by atoms with E-state index in [9.17, 15) is 14.5 Å². The molecule has 0 bridgehead atoms. The van der Waals surface area contributed by atoms with E-state index in [-0.39, 0.29) is 11.4 Å². The Labute approximate surface area is 126 Å². The zero-order valence-corrected chi connectivity index (χ0v) is 12.8. The van der Waals surface area contributed by atoms with E-state index in [1.54, 1.807) is 0 Å². The van der Waals surface area contributed by atoms with Gasteiger partial charge in [0.2, 0.25) is 0 Å². The minimum atomic E-state index is -0.687. The molecule has 5 nitrogen and oxygen atoms in total. The number of anilines is 1. The van der Waals surface area contributed by atoms with Crippen molar-refractivity contribution in [2.45, 2.75) is 6.54 Å². The van der Waals surface area contributed by atoms with Gasteiger partial charge in [0.1, 0.15) is 0 Å². The van der Waals surface area contributed by atoms with Crippen LogP contribution in [-0.2, 0) is 6.54 Å².